The first-order valence-electron chi connectivity index (χ1n) is 4.04. The summed E-state index contributed by atoms with van der Waals surface area (Å²) in [6.45, 7) is 1.27. The lowest BCUT2D eigenvalue weighted by molar-refractivity contribution is -0.124. The summed E-state index contributed by atoms with van der Waals surface area (Å²) in [5.41, 5.74) is 0.928. The van der Waals surface area contributed by atoms with Crippen LogP contribution in [0.3, 0.4) is 0 Å². The summed E-state index contributed by atoms with van der Waals surface area (Å²) in [5, 5.41) is 0. The molecule has 0 radical (unpaired) electrons. The molecule has 66 valence electrons. The van der Waals surface area contributed by atoms with Gasteiger partial charge in [-0.3, -0.25) is 4.79 Å². The molecule has 2 heterocycles. The Morgan fingerprint density at radius 1 is 1.38 bits per heavy atom. The molecule has 2 aliphatic rings. The van der Waals surface area contributed by atoms with Crippen molar-refractivity contribution < 1.29 is 9.53 Å². The summed E-state index contributed by atoms with van der Waals surface area (Å²) in [4.78, 5) is 12.2. The van der Waals surface area contributed by atoms with Gasteiger partial charge in [0.15, 0.2) is 5.76 Å². The van der Waals surface area contributed by atoms with E-state index in [1.54, 1.807) is 6.08 Å². The SMILES string of the molecule is O=COC1=CC=CN2CC=CC=C12. The monoisotopic (exact) mass is 175 g/mol. The Hall–Kier alpha value is -1.77. The number of hydrogen-bond donors (Lipinski definition) is 0. The van der Waals surface area contributed by atoms with Crippen LogP contribution in [-0.4, -0.2) is 17.9 Å². The maximum absolute atomic E-state index is 10.2. The first kappa shape index (κ1) is 7.86. The molecule has 0 unspecified atom stereocenters. The van der Waals surface area contributed by atoms with Crippen molar-refractivity contribution >= 4 is 6.47 Å². The van der Waals surface area contributed by atoms with E-state index in [9.17, 15) is 4.79 Å². The van der Waals surface area contributed by atoms with Crippen molar-refractivity contribution in [2.24, 2.45) is 0 Å². The van der Waals surface area contributed by atoms with Gasteiger partial charge in [-0.05, 0) is 18.2 Å². The Morgan fingerprint density at radius 3 is 3.15 bits per heavy atom. The molecule has 0 spiro atoms. The number of nitrogens with zero attached hydrogens (tertiary/aromatic N) is 1. The normalized spacial score (nSPS) is 18.9. The third-order valence-electron chi connectivity index (χ3n) is 1.94. The van der Waals surface area contributed by atoms with Crippen LogP contribution in [0.2, 0.25) is 0 Å². The molecule has 3 heteroatoms. The fourth-order valence-electron chi connectivity index (χ4n) is 1.36. The average molecular weight is 175 g/mol. The smallest absolute Gasteiger partial charge is 0.298 e. The van der Waals surface area contributed by atoms with Crippen molar-refractivity contribution in [2.45, 2.75) is 0 Å². The highest BCUT2D eigenvalue weighted by molar-refractivity contribution is 5.47. The minimum absolute atomic E-state index is 0.447. The molecule has 2 rings (SSSR count). The van der Waals surface area contributed by atoms with Crippen LogP contribution in [0.15, 0.2) is 48.0 Å². The molecule has 0 N–H and O–H groups in total. The lowest BCUT2D eigenvalue weighted by Crippen LogP contribution is -2.22. The zero-order valence-electron chi connectivity index (χ0n) is 7.01. The molecule has 13 heavy (non-hydrogen) atoms. The van der Waals surface area contributed by atoms with E-state index in [1.807, 2.05) is 35.4 Å². The van der Waals surface area contributed by atoms with Crippen molar-refractivity contribution in [1.29, 1.82) is 0 Å². The predicted molar refractivity (Wildman–Crippen MR) is 48.3 cm³/mol. The van der Waals surface area contributed by atoms with E-state index in [-0.39, 0.29) is 0 Å². The zero-order valence-corrected chi connectivity index (χ0v) is 7.01. The van der Waals surface area contributed by atoms with Crippen LogP contribution >= 0.6 is 0 Å². The second-order valence-electron chi connectivity index (χ2n) is 2.72. The highest BCUT2D eigenvalue weighted by Gasteiger charge is 2.16. The van der Waals surface area contributed by atoms with Gasteiger partial charge >= 0.3 is 0 Å². The Balaban J connectivity index is 2.30. The third kappa shape index (κ3) is 1.40. The highest BCUT2D eigenvalue weighted by Crippen LogP contribution is 2.22. The number of rotatable bonds is 2. The fraction of sp³-hybridized carbons (Fsp3) is 0.100. The van der Waals surface area contributed by atoms with Gasteiger partial charge in [-0.1, -0.05) is 12.2 Å². The second kappa shape index (κ2) is 3.31. The number of ether oxygens (including phenoxy) is 1. The first-order valence-corrected chi connectivity index (χ1v) is 4.04. The first-order chi connectivity index (χ1) is 6.42. The van der Waals surface area contributed by atoms with E-state index in [2.05, 4.69) is 0 Å². The second-order valence-corrected chi connectivity index (χ2v) is 2.72. The van der Waals surface area contributed by atoms with Crippen LogP contribution in [0.25, 0.3) is 0 Å². The summed E-state index contributed by atoms with van der Waals surface area (Å²) < 4.78 is 4.84. The van der Waals surface area contributed by atoms with Gasteiger partial charge in [0.05, 0.1) is 5.70 Å². The van der Waals surface area contributed by atoms with Crippen LogP contribution in [0, 0.1) is 0 Å². The molecule has 0 aromatic heterocycles. The number of fused-ring (bicyclic) bond motifs is 1. The van der Waals surface area contributed by atoms with E-state index in [0.29, 0.717) is 12.2 Å². The van der Waals surface area contributed by atoms with E-state index >= 15 is 0 Å². The molecule has 0 aromatic carbocycles. The topological polar surface area (TPSA) is 29.5 Å². The van der Waals surface area contributed by atoms with Crippen molar-refractivity contribution in [3.63, 3.8) is 0 Å². The fourth-order valence-corrected chi connectivity index (χ4v) is 1.36. The molecule has 0 saturated carbocycles. The zero-order chi connectivity index (χ0) is 9.10. The van der Waals surface area contributed by atoms with Crippen LogP contribution < -0.4 is 0 Å². The molecule has 0 amide bonds. The molecule has 3 nitrogen and oxygen atoms in total. The lowest BCUT2D eigenvalue weighted by atomic mass is 10.2. The average Bonchev–Trinajstić information content (AvgIpc) is 2.19. The standard InChI is InChI=1S/C10H9NO2/c12-8-13-10-5-3-7-11-6-2-1-4-9(10)11/h1-5,7-8H,6H2. The Morgan fingerprint density at radius 2 is 2.31 bits per heavy atom. The van der Waals surface area contributed by atoms with E-state index in [1.165, 1.54) is 0 Å². The molecular weight excluding hydrogens is 166 g/mol. The quantitative estimate of drug-likeness (QED) is 0.593. The van der Waals surface area contributed by atoms with Gasteiger partial charge in [0.2, 0.25) is 0 Å². The number of carbonyl (C=O) groups is 1. The molecule has 0 bridgehead atoms. The molecule has 0 atom stereocenters. The third-order valence-corrected chi connectivity index (χ3v) is 1.94. The van der Waals surface area contributed by atoms with E-state index < -0.39 is 0 Å². The summed E-state index contributed by atoms with van der Waals surface area (Å²) in [6, 6.07) is 0. The maximum atomic E-state index is 10.2. The molecule has 0 aliphatic carbocycles. The van der Waals surface area contributed by atoms with Gasteiger partial charge in [-0.2, -0.15) is 0 Å². The van der Waals surface area contributed by atoms with Crippen molar-refractivity contribution in [1.82, 2.24) is 4.90 Å². The molecule has 0 saturated heterocycles. The Labute approximate surface area is 76.3 Å². The van der Waals surface area contributed by atoms with Crippen LogP contribution in [0.4, 0.5) is 0 Å². The van der Waals surface area contributed by atoms with Gasteiger partial charge < -0.3 is 9.64 Å². The van der Waals surface area contributed by atoms with E-state index in [0.717, 1.165) is 12.2 Å². The van der Waals surface area contributed by atoms with Crippen molar-refractivity contribution in [3.05, 3.63) is 48.0 Å². The summed E-state index contributed by atoms with van der Waals surface area (Å²) >= 11 is 0. The highest BCUT2D eigenvalue weighted by atomic mass is 16.5. The van der Waals surface area contributed by atoms with Crippen LogP contribution in [-0.2, 0) is 9.53 Å². The van der Waals surface area contributed by atoms with Gasteiger partial charge in [0.25, 0.3) is 6.47 Å². The minimum atomic E-state index is 0.447. The number of allylic oxidation sites excluding steroid dienone is 4. The van der Waals surface area contributed by atoms with Gasteiger partial charge in [-0.15, -0.1) is 0 Å². The van der Waals surface area contributed by atoms with E-state index in [4.69, 9.17) is 4.74 Å². The predicted octanol–water partition coefficient (Wildman–Crippen LogP) is 1.33. The lowest BCUT2D eigenvalue weighted by Gasteiger charge is -2.27. The van der Waals surface area contributed by atoms with Crippen molar-refractivity contribution in [2.75, 3.05) is 6.54 Å². The summed E-state index contributed by atoms with van der Waals surface area (Å²) in [7, 11) is 0. The van der Waals surface area contributed by atoms with Crippen LogP contribution in [0.1, 0.15) is 0 Å². The largest absolute Gasteiger partial charge is 0.427 e. The maximum Gasteiger partial charge on any atom is 0.298 e. The molecule has 0 fully saturated rings. The molecule has 0 aromatic rings. The van der Waals surface area contributed by atoms with Gasteiger partial charge in [-0.25, -0.2) is 0 Å². The Bertz CT molecular complexity index is 337. The van der Waals surface area contributed by atoms with Gasteiger partial charge in [0.1, 0.15) is 0 Å². The molecular formula is C10H9NO2. The Kier molecular flexibility index (Phi) is 2.00. The van der Waals surface area contributed by atoms with Crippen LogP contribution in [0.5, 0.6) is 0 Å². The molecule has 2 aliphatic heterocycles. The number of hydrogen-bond acceptors (Lipinski definition) is 3. The summed E-state index contributed by atoms with van der Waals surface area (Å²) in [6.07, 6.45) is 11.5. The minimum Gasteiger partial charge on any atom is -0.427 e. The van der Waals surface area contributed by atoms with Gasteiger partial charge in [0, 0.05) is 12.7 Å². The number of carbonyl (C=O) groups excluding carboxylic acids is 1. The summed E-state index contributed by atoms with van der Waals surface area (Å²) in [5.74, 6) is 0.599. The van der Waals surface area contributed by atoms with Crippen molar-refractivity contribution in [3.8, 4) is 0 Å².